The molecule has 130 valence electrons. The standard InChI is InChI=1S/C2H8N2.4C2H4O2.Na.H2O/c3-1-2-4;4*1-2(3)4;;/h1-4H2;4*1H3,(H,3,4);;1H2/q;;;;;+1;/p-1. The molecule has 0 heterocycles. The second kappa shape index (κ2) is 42.7. The summed E-state index contributed by atoms with van der Waals surface area (Å²) in [5.41, 5.74) is 9.81. The Morgan fingerprint density at radius 2 is 0.682 bits per heavy atom. The molecule has 0 aromatic rings. The monoisotopic (exact) mass is 340 g/mol. The van der Waals surface area contributed by atoms with Gasteiger partial charge in [-0.15, -0.1) is 0 Å². The first-order chi connectivity index (χ1) is 8.84. The van der Waals surface area contributed by atoms with E-state index < -0.39 is 23.9 Å². The normalized spacial score (nSPS) is 5.91. The summed E-state index contributed by atoms with van der Waals surface area (Å²) in [6.45, 7) is 5.53. The van der Waals surface area contributed by atoms with Crippen LogP contribution in [-0.2, 0) is 19.2 Å². The summed E-state index contributed by atoms with van der Waals surface area (Å²) in [7, 11) is 0. The Kier molecular flexibility index (Phi) is 83.1. The summed E-state index contributed by atoms with van der Waals surface area (Å²) < 4.78 is 0. The summed E-state index contributed by atoms with van der Waals surface area (Å²) in [6, 6.07) is 0. The Morgan fingerprint density at radius 3 is 0.682 bits per heavy atom. The first-order valence-electron chi connectivity index (χ1n) is 5.03. The molecule has 12 heteroatoms. The van der Waals surface area contributed by atoms with Crippen LogP contribution in [-0.4, -0.2) is 62.9 Å². The van der Waals surface area contributed by atoms with Gasteiger partial charge >= 0.3 is 29.6 Å². The molecule has 0 aromatic heterocycles. The molecule has 0 amide bonds. The van der Waals surface area contributed by atoms with Gasteiger partial charge in [-0.2, -0.15) is 0 Å². The summed E-state index contributed by atoms with van der Waals surface area (Å²) in [5, 5.41) is 29.7. The smallest absolute Gasteiger partial charge is 0.870 e. The summed E-state index contributed by atoms with van der Waals surface area (Å²) in [5.74, 6) is -3.33. The van der Waals surface area contributed by atoms with Crippen LogP contribution in [0.1, 0.15) is 27.7 Å². The van der Waals surface area contributed by atoms with Crippen molar-refractivity contribution in [1.29, 1.82) is 0 Å². The van der Waals surface area contributed by atoms with Gasteiger partial charge in [0, 0.05) is 40.8 Å². The van der Waals surface area contributed by atoms with Gasteiger partial charge in [-0.3, -0.25) is 19.2 Å². The van der Waals surface area contributed by atoms with Crippen molar-refractivity contribution >= 4 is 23.9 Å². The number of carboxylic acid groups (broad SMARTS) is 4. The van der Waals surface area contributed by atoms with Gasteiger partial charge in [0.1, 0.15) is 0 Å². The zero-order valence-corrected chi connectivity index (χ0v) is 15.4. The molecule has 0 aliphatic heterocycles. The Morgan fingerprint density at radius 1 is 0.636 bits per heavy atom. The molecule has 0 rings (SSSR count). The molecule has 0 unspecified atom stereocenters. The molecule has 22 heavy (non-hydrogen) atoms. The minimum Gasteiger partial charge on any atom is -0.870 e. The molecule has 9 N–H and O–H groups in total. The van der Waals surface area contributed by atoms with E-state index in [4.69, 9.17) is 51.1 Å². The molecule has 11 nitrogen and oxygen atoms in total. The second-order valence-corrected chi connectivity index (χ2v) is 2.65. The van der Waals surface area contributed by atoms with Crippen LogP contribution < -0.4 is 41.0 Å². The zero-order chi connectivity index (χ0) is 17.7. The third-order valence-corrected chi connectivity index (χ3v) is 0.167. The first kappa shape index (κ1) is 42.8. The van der Waals surface area contributed by atoms with E-state index in [1.54, 1.807) is 0 Å². The van der Waals surface area contributed by atoms with Crippen LogP contribution in [0.25, 0.3) is 0 Å². The number of carboxylic acids is 4. The SMILES string of the molecule is CC(=O)O.CC(=O)O.CC(=O)O.CC(=O)O.NCCN.[Na+].[OH-]. The van der Waals surface area contributed by atoms with Crippen LogP contribution in [0.3, 0.4) is 0 Å². The Hall–Kier alpha value is -1.24. The van der Waals surface area contributed by atoms with Crippen molar-refractivity contribution in [1.82, 2.24) is 0 Å². The van der Waals surface area contributed by atoms with E-state index in [1.807, 2.05) is 0 Å². The number of hydrogen-bond donors (Lipinski definition) is 6. The Balaban J connectivity index is -0.0000000250. The second-order valence-electron chi connectivity index (χ2n) is 2.65. The molecule has 0 radical (unpaired) electrons. The third-order valence-electron chi connectivity index (χ3n) is 0.167. The number of hydrogen-bond acceptors (Lipinski definition) is 7. The maximum atomic E-state index is 9.00. The van der Waals surface area contributed by atoms with Gasteiger partial charge in [-0.1, -0.05) is 0 Å². The molecule has 0 spiro atoms. The Bertz CT molecular complexity index is 197. The van der Waals surface area contributed by atoms with Crippen LogP contribution in [0, 0.1) is 0 Å². The number of aliphatic carboxylic acids is 4. The van der Waals surface area contributed by atoms with Crippen molar-refractivity contribution in [2.24, 2.45) is 11.5 Å². The van der Waals surface area contributed by atoms with Gasteiger partial charge in [0.2, 0.25) is 0 Å². The van der Waals surface area contributed by atoms with Crippen molar-refractivity contribution in [2.75, 3.05) is 13.1 Å². The van der Waals surface area contributed by atoms with Crippen LogP contribution in [0.15, 0.2) is 0 Å². The van der Waals surface area contributed by atoms with Crippen molar-refractivity contribution in [3.63, 3.8) is 0 Å². The van der Waals surface area contributed by atoms with Gasteiger partial charge in [-0.05, 0) is 0 Å². The fourth-order valence-corrected chi connectivity index (χ4v) is 0. The summed E-state index contributed by atoms with van der Waals surface area (Å²) in [4.78, 5) is 36.0. The zero-order valence-electron chi connectivity index (χ0n) is 13.4. The van der Waals surface area contributed by atoms with Gasteiger partial charge in [0.15, 0.2) is 0 Å². The predicted octanol–water partition coefficient (Wildman–Crippen LogP) is -3.91. The predicted molar refractivity (Wildman–Crippen MR) is 73.3 cm³/mol. The minimum absolute atomic E-state index is 0. The Labute approximate surface area is 150 Å². The van der Waals surface area contributed by atoms with Gasteiger partial charge < -0.3 is 37.4 Å². The van der Waals surface area contributed by atoms with Crippen LogP contribution >= 0.6 is 0 Å². The van der Waals surface area contributed by atoms with E-state index in [-0.39, 0.29) is 35.0 Å². The topological polar surface area (TPSA) is 231 Å². The summed E-state index contributed by atoms with van der Waals surface area (Å²) >= 11 is 0. The van der Waals surface area contributed by atoms with E-state index >= 15 is 0 Å². The number of nitrogens with two attached hydrogens (primary N) is 2. The average molecular weight is 340 g/mol. The number of carbonyl (C=O) groups is 4. The van der Waals surface area contributed by atoms with Gasteiger partial charge in [0.05, 0.1) is 0 Å². The van der Waals surface area contributed by atoms with Crippen molar-refractivity contribution in [3.8, 4) is 0 Å². The fourth-order valence-electron chi connectivity index (χ4n) is 0. The van der Waals surface area contributed by atoms with E-state index in [2.05, 4.69) is 0 Å². The molecule has 0 saturated carbocycles. The van der Waals surface area contributed by atoms with Crippen LogP contribution in [0.5, 0.6) is 0 Å². The third kappa shape index (κ3) is 103000. The van der Waals surface area contributed by atoms with Crippen LogP contribution in [0.2, 0.25) is 0 Å². The number of rotatable bonds is 1. The fraction of sp³-hybridized carbons (Fsp3) is 0.600. The average Bonchev–Trinajstić information content (AvgIpc) is 2.13. The van der Waals surface area contributed by atoms with Crippen molar-refractivity contribution in [3.05, 3.63) is 0 Å². The van der Waals surface area contributed by atoms with Gasteiger partial charge in [-0.25, -0.2) is 0 Å². The molecule has 0 aliphatic rings. The van der Waals surface area contributed by atoms with E-state index in [9.17, 15) is 0 Å². The van der Waals surface area contributed by atoms with E-state index in [1.165, 1.54) is 0 Å². The van der Waals surface area contributed by atoms with E-state index in [0.29, 0.717) is 13.1 Å². The molecule has 0 atom stereocenters. The molecular formula is C10H25N2NaO9. The maximum Gasteiger partial charge on any atom is 1.00 e. The minimum atomic E-state index is -0.833. The molecule has 0 saturated heterocycles. The summed E-state index contributed by atoms with van der Waals surface area (Å²) in [6.07, 6.45) is 0. The van der Waals surface area contributed by atoms with Crippen molar-refractivity contribution in [2.45, 2.75) is 27.7 Å². The first-order valence-corrected chi connectivity index (χ1v) is 5.03. The molecular weight excluding hydrogens is 315 g/mol. The largest absolute Gasteiger partial charge is 1.00 e. The molecule has 0 fully saturated rings. The molecule has 0 bridgehead atoms. The molecule has 0 aliphatic carbocycles. The quantitative estimate of drug-likeness (QED) is 0.252. The van der Waals surface area contributed by atoms with Gasteiger partial charge in [0.25, 0.3) is 23.9 Å². The maximum absolute atomic E-state index is 9.00. The van der Waals surface area contributed by atoms with E-state index in [0.717, 1.165) is 27.7 Å². The van der Waals surface area contributed by atoms with Crippen LogP contribution in [0.4, 0.5) is 0 Å². The van der Waals surface area contributed by atoms with Crippen molar-refractivity contribution < 1.29 is 74.6 Å². The molecule has 0 aromatic carbocycles.